The summed E-state index contributed by atoms with van der Waals surface area (Å²) in [6.07, 6.45) is 0. The Labute approximate surface area is 212 Å². The summed E-state index contributed by atoms with van der Waals surface area (Å²) in [6, 6.07) is 22.9. The average molecular weight is 522 g/mol. The third-order valence-electron chi connectivity index (χ3n) is 5.96. The molecule has 0 spiro atoms. The lowest BCUT2D eigenvalue weighted by Crippen LogP contribution is -2.15. The Morgan fingerprint density at radius 2 is 1.64 bits per heavy atom. The van der Waals surface area contributed by atoms with E-state index in [0.717, 1.165) is 34.4 Å². The number of para-hydroxylation sites is 1. The number of benzene rings is 4. The van der Waals surface area contributed by atoms with Crippen molar-refractivity contribution in [2.75, 3.05) is 10.0 Å². The van der Waals surface area contributed by atoms with Crippen molar-refractivity contribution < 1.29 is 17.6 Å². The van der Waals surface area contributed by atoms with Crippen molar-refractivity contribution in [1.29, 1.82) is 0 Å². The Kier molecular flexibility index (Phi) is 6.15. The van der Waals surface area contributed by atoms with Crippen LogP contribution in [0.4, 0.5) is 15.8 Å². The number of amides is 1. The highest BCUT2D eigenvalue weighted by Crippen LogP contribution is 2.32. The Bertz CT molecular complexity index is 1750. The summed E-state index contributed by atoms with van der Waals surface area (Å²) in [6.45, 7) is 2.82. The molecular weight excluding hydrogens is 501 g/mol. The molecule has 0 saturated carbocycles. The summed E-state index contributed by atoms with van der Waals surface area (Å²) < 4.78 is 45.5. The van der Waals surface area contributed by atoms with Gasteiger partial charge in [-0.2, -0.15) is 0 Å². The van der Waals surface area contributed by atoms with Crippen LogP contribution in [0.2, 0.25) is 5.02 Å². The molecule has 0 aliphatic rings. The van der Waals surface area contributed by atoms with Crippen LogP contribution in [0.3, 0.4) is 0 Å². The molecule has 0 fully saturated rings. The summed E-state index contributed by atoms with van der Waals surface area (Å²) >= 11 is 6.02. The van der Waals surface area contributed by atoms with E-state index in [4.69, 9.17) is 11.6 Å². The van der Waals surface area contributed by atoms with E-state index in [0.29, 0.717) is 5.69 Å². The molecule has 2 N–H and O–H groups in total. The number of nitrogens with zero attached hydrogens (tertiary/aromatic N) is 1. The van der Waals surface area contributed by atoms with E-state index in [1.165, 1.54) is 18.2 Å². The van der Waals surface area contributed by atoms with Crippen LogP contribution in [0.1, 0.15) is 17.3 Å². The monoisotopic (exact) mass is 521 g/mol. The minimum absolute atomic E-state index is 0.160. The topological polar surface area (TPSA) is 80.2 Å². The Morgan fingerprint density at radius 1 is 0.917 bits per heavy atom. The van der Waals surface area contributed by atoms with Gasteiger partial charge in [-0.15, -0.1) is 0 Å². The van der Waals surface area contributed by atoms with Gasteiger partial charge >= 0.3 is 0 Å². The number of aryl methyl sites for hydroxylation is 1. The molecule has 1 amide bonds. The maximum Gasteiger partial charge on any atom is 0.261 e. The summed E-state index contributed by atoms with van der Waals surface area (Å²) in [5.41, 5.74) is 2.43. The molecule has 6 nitrogen and oxygen atoms in total. The Hall–Kier alpha value is -3.88. The first-order valence-electron chi connectivity index (χ1n) is 11.2. The fourth-order valence-electron chi connectivity index (χ4n) is 4.27. The van der Waals surface area contributed by atoms with Gasteiger partial charge in [-0.1, -0.05) is 41.9 Å². The van der Waals surface area contributed by atoms with E-state index in [-0.39, 0.29) is 21.2 Å². The third-order valence-corrected chi connectivity index (χ3v) is 7.67. The molecule has 0 saturated heterocycles. The molecule has 4 aromatic carbocycles. The number of halogens is 2. The molecule has 1 heterocycles. The first-order chi connectivity index (χ1) is 17.3. The molecule has 0 aliphatic heterocycles. The number of carbonyl (C=O) groups is 1. The number of anilines is 2. The van der Waals surface area contributed by atoms with E-state index in [1.807, 2.05) is 30.3 Å². The molecule has 36 heavy (non-hydrogen) atoms. The highest BCUT2D eigenvalue weighted by Gasteiger charge is 2.19. The second-order valence-corrected chi connectivity index (χ2v) is 10.3. The maximum absolute atomic E-state index is 14.8. The van der Waals surface area contributed by atoms with Gasteiger partial charge in [0.25, 0.3) is 15.9 Å². The van der Waals surface area contributed by atoms with Gasteiger partial charge in [0.15, 0.2) is 0 Å². The number of hydrogen-bond donors (Lipinski definition) is 2. The number of aromatic nitrogens is 1. The molecule has 9 heteroatoms. The van der Waals surface area contributed by atoms with Crippen LogP contribution in [0.25, 0.3) is 21.8 Å². The minimum Gasteiger partial charge on any atom is -0.341 e. The summed E-state index contributed by atoms with van der Waals surface area (Å²) in [5.74, 6) is -1.49. The zero-order chi connectivity index (χ0) is 25.4. The van der Waals surface area contributed by atoms with Gasteiger partial charge in [0.1, 0.15) is 5.82 Å². The van der Waals surface area contributed by atoms with E-state index in [9.17, 15) is 17.6 Å². The zero-order valence-electron chi connectivity index (χ0n) is 19.1. The van der Waals surface area contributed by atoms with E-state index < -0.39 is 21.7 Å². The standard InChI is InChI=1S/C27H21ClFN3O3S/c1-2-32-25-10-6-4-7-19(25)21-15-17(11-14-26(21)32)31-36(34,35)18-12-13-24(23(29)16-18)30-27(33)20-8-3-5-9-22(20)28/h3-16,31H,2H2,1H3,(H,30,33). The van der Waals surface area contributed by atoms with E-state index in [2.05, 4.69) is 21.5 Å². The Balaban J connectivity index is 1.42. The first-order valence-corrected chi connectivity index (χ1v) is 13.0. The molecule has 0 bridgehead atoms. The van der Waals surface area contributed by atoms with E-state index in [1.54, 1.807) is 30.3 Å². The lowest BCUT2D eigenvalue weighted by Gasteiger charge is -2.11. The Morgan fingerprint density at radius 3 is 2.39 bits per heavy atom. The van der Waals surface area contributed by atoms with Crippen molar-refractivity contribution in [3.63, 3.8) is 0 Å². The number of sulfonamides is 1. The highest BCUT2D eigenvalue weighted by atomic mass is 35.5. The molecule has 0 unspecified atom stereocenters. The van der Waals surface area contributed by atoms with Crippen LogP contribution in [0.5, 0.6) is 0 Å². The van der Waals surface area contributed by atoms with Crippen molar-refractivity contribution >= 4 is 60.7 Å². The third kappa shape index (κ3) is 4.29. The second kappa shape index (κ2) is 9.29. The van der Waals surface area contributed by atoms with Gasteiger partial charge in [-0.25, -0.2) is 12.8 Å². The van der Waals surface area contributed by atoms with Crippen LogP contribution >= 0.6 is 11.6 Å². The van der Waals surface area contributed by atoms with Crippen molar-refractivity contribution in [1.82, 2.24) is 4.57 Å². The molecular formula is C27H21ClFN3O3S. The molecule has 0 radical (unpaired) electrons. The van der Waals surface area contributed by atoms with Crippen molar-refractivity contribution in [3.05, 3.63) is 101 Å². The molecule has 5 rings (SSSR count). The van der Waals surface area contributed by atoms with Gasteiger partial charge in [0.05, 0.1) is 21.2 Å². The lowest BCUT2D eigenvalue weighted by atomic mass is 10.1. The van der Waals surface area contributed by atoms with Gasteiger partial charge in [0, 0.05) is 34.0 Å². The van der Waals surface area contributed by atoms with Crippen molar-refractivity contribution in [2.45, 2.75) is 18.4 Å². The first kappa shape index (κ1) is 23.8. The van der Waals surface area contributed by atoms with Gasteiger partial charge < -0.3 is 9.88 Å². The van der Waals surface area contributed by atoms with Crippen LogP contribution in [0, 0.1) is 5.82 Å². The zero-order valence-corrected chi connectivity index (χ0v) is 20.7. The average Bonchev–Trinajstić information content (AvgIpc) is 3.18. The fourth-order valence-corrected chi connectivity index (χ4v) is 5.55. The predicted molar refractivity (Wildman–Crippen MR) is 142 cm³/mol. The SMILES string of the molecule is CCn1c2ccccc2c2cc(NS(=O)(=O)c3ccc(NC(=O)c4ccccc4Cl)c(F)c3)ccc21. The van der Waals surface area contributed by atoms with Gasteiger partial charge in [-0.05, 0) is 61.5 Å². The summed E-state index contributed by atoms with van der Waals surface area (Å²) in [7, 11) is -4.09. The van der Waals surface area contributed by atoms with Crippen LogP contribution in [0.15, 0.2) is 89.8 Å². The molecule has 1 aromatic heterocycles. The number of fused-ring (bicyclic) bond motifs is 3. The fraction of sp³-hybridized carbons (Fsp3) is 0.0741. The van der Waals surface area contributed by atoms with Gasteiger partial charge in [0.2, 0.25) is 0 Å². The smallest absolute Gasteiger partial charge is 0.261 e. The molecule has 182 valence electrons. The molecule has 5 aromatic rings. The van der Waals surface area contributed by atoms with Crippen LogP contribution in [-0.4, -0.2) is 18.9 Å². The van der Waals surface area contributed by atoms with Crippen LogP contribution in [-0.2, 0) is 16.6 Å². The molecule has 0 atom stereocenters. The predicted octanol–water partition coefficient (Wildman–Crippen LogP) is 6.66. The number of hydrogen-bond acceptors (Lipinski definition) is 3. The summed E-state index contributed by atoms with van der Waals surface area (Å²) in [5, 5.41) is 4.57. The lowest BCUT2D eigenvalue weighted by molar-refractivity contribution is 0.102. The van der Waals surface area contributed by atoms with Crippen molar-refractivity contribution in [3.8, 4) is 0 Å². The number of nitrogens with one attached hydrogen (secondary N) is 2. The maximum atomic E-state index is 14.8. The second-order valence-electron chi connectivity index (χ2n) is 8.17. The quantitative estimate of drug-likeness (QED) is 0.262. The number of rotatable bonds is 6. The van der Waals surface area contributed by atoms with Crippen LogP contribution < -0.4 is 10.0 Å². The van der Waals surface area contributed by atoms with Crippen molar-refractivity contribution in [2.24, 2.45) is 0 Å². The summed E-state index contributed by atoms with van der Waals surface area (Å²) in [4.78, 5) is 12.2. The highest BCUT2D eigenvalue weighted by molar-refractivity contribution is 7.92. The minimum atomic E-state index is -4.09. The largest absolute Gasteiger partial charge is 0.341 e. The van der Waals surface area contributed by atoms with Gasteiger partial charge in [-0.3, -0.25) is 9.52 Å². The molecule has 0 aliphatic carbocycles. The number of carbonyl (C=O) groups excluding carboxylic acids is 1. The van der Waals surface area contributed by atoms with E-state index >= 15 is 0 Å². The normalized spacial score (nSPS) is 11.6.